The maximum Gasteiger partial charge on any atom is 0.322 e. The first-order valence-electron chi connectivity index (χ1n) is 6.10. The second kappa shape index (κ2) is 5.23. The summed E-state index contributed by atoms with van der Waals surface area (Å²) < 4.78 is 0.801. The molecule has 1 N–H and O–H groups in total. The third kappa shape index (κ3) is 2.74. The first-order chi connectivity index (χ1) is 9.22. The molecule has 0 aliphatic carbocycles. The van der Waals surface area contributed by atoms with Crippen molar-refractivity contribution in [2.24, 2.45) is 0 Å². The van der Waals surface area contributed by atoms with Crippen molar-refractivity contribution in [3.05, 3.63) is 51.2 Å². The van der Waals surface area contributed by atoms with E-state index >= 15 is 0 Å². The smallest absolute Gasteiger partial charge is 0.320 e. The number of fused-ring (bicyclic) bond motifs is 1. The molecule has 19 heavy (non-hydrogen) atoms. The molecule has 1 aromatic heterocycles. The number of carbonyl (C=O) groups excluding carboxylic acids is 1. The summed E-state index contributed by atoms with van der Waals surface area (Å²) in [6.07, 6.45) is 0.884. The Bertz CT molecular complexity index is 597. The van der Waals surface area contributed by atoms with Crippen LogP contribution in [0, 0.1) is 0 Å². The van der Waals surface area contributed by atoms with Crippen molar-refractivity contribution >= 4 is 34.7 Å². The molecule has 1 aliphatic rings. The molecule has 2 aromatic rings. The number of hydrogen-bond donors (Lipinski definition) is 1. The average molecular weight is 293 g/mol. The van der Waals surface area contributed by atoms with Crippen LogP contribution in [0.15, 0.2) is 36.4 Å². The molecule has 3 nitrogen and oxygen atoms in total. The molecule has 98 valence electrons. The topological polar surface area (TPSA) is 32.3 Å². The van der Waals surface area contributed by atoms with Crippen molar-refractivity contribution in [3.63, 3.8) is 0 Å². The minimum absolute atomic E-state index is 0.0563. The SMILES string of the molecule is O=C(Nc1ccccc1)N1CCc2sc(Cl)cc2C1. The van der Waals surface area contributed by atoms with Crippen LogP contribution in [-0.2, 0) is 13.0 Å². The highest BCUT2D eigenvalue weighted by Crippen LogP contribution is 2.31. The van der Waals surface area contributed by atoms with E-state index in [0.29, 0.717) is 6.54 Å². The quantitative estimate of drug-likeness (QED) is 0.847. The number of nitrogens with one attached hydrogen (secondary N) is 1. The predicted octanol–water partition coefficient (Wildman–Crippen LogP) is 3.99. The van der Waals surface area contributed by atoms with Crippen molar-refractivity contribution in [1.82, 2.24) is 4.90 Å². The van der Waals surface area contributed by atoms with E-state index in [1.165, 1.54) is 10.4 Å². The first kappa shape index (κ1) is 12.5. The zero-order valence-corrected chi connectivity index (χ0v) is 11.8. The second-order valence-corrected chi connectivity index (χ2v) is 6.23. The highest BCUT2D eigenvalue weighted by atomic mass is 35.5. The van der Waals surface area contributed by atoms with Gasteiger partial charge in [-0.25, -0.2) is 4.79 Å². The number of thiophene rings is 1. The van der Waals surface area contributed by atoms with Crippen molar-refractivity contribution in [3.8, 4) is 0 Å². The van der Waals surface area contributed by atoms with Gasteiger partial charge in [0.05, 0.1) is 4.34 Å². The van der Waals surface area contributed by atoms with Gasteiger partial charge >= 0.3 is 6.03 Å². The average Bonchev–Trinajstić information content (AvgIpc) is 2.78. The van der Waals surface area contributed by atoms with Crippen LogP contribution in [0.25, 0.3) is 0 Å². The molecule has 0 atom stereocenters. The number of halogens is 1. The van der Waals surface area contributed by atoms with Crippen molar-refractivity contribution in [2.75, 3.05) is 11.9 Å². The standard InChI is InChI=1S/C14H13ClN2OS/c15-13-8-10-9-17(7-6-12(10)19-13)14(18)16-11-4-2-1-3-5-11/h1-5,8H,6-7,9H2,(H,16,18). The Hall–Kier alpha value is -1.52. The molecule has 0 spiro atoms. The number of hydrogen-bond acceptors (Lipinski definition) is 2. The summed E-state index contributed by atoms with van der Waals surface area (Å²) in [7, 11) is 0. The zero-order valence-electron chi connectivity index (χ0n) is 10.2. The van der Waals surface area contributed by atoms with Gasteiger partial charge in [-0.15, -0.1) is 11.3 Å². The predicted molar refractivity (Wildman–Crippen MR) is 78.9 cm³/mol. The Kier molecular flexibility index (Phi) is 3.44. The van der Waals surface area contributed by atoms with Gasteiger partial charge < -0.3 is 10.2 Å². The number of nitrogens with zero attached hydrogens (tertiary/aromatic N) is 1. The lowest BCUT2D eigenvalue weighted by molar-refractivity contribution is 0.207. The Morgan fingerprint density at radius 1 is 1.32 bits per heavy atom. The molecular formula is C14H13ClN2OS. The Morgan fingerprint density at radius 2 is 2.11 bits per heavy atom. The first-order valence-corrected chi connectivity index (χ1v) is 7.30. The number of rotatable bonds is 1. The monoisotopic (exact) mass is 292 g/mol. The van der Waals surface area contributed by atoms with E-state index < -0.39 is 0 Å². The molecule has 0 saturated heterocycles. The molecule has 0 radical (unpaired) electrons. The molecule has 0 saturated carbocycles. The van der Waals surface area contributed by atoms with Gasteiger partial charge in [0, 0.05) is 23.7 Å². The Balaban J connectivity index is 1.69. The van der Waals surface area contributed by atoms with Crippen molar-refractivity contribution < 1.29 is 4.79 Å². The Morgan fingerprint density at radius 3 is 2.89 bits per heavy atom. The number of carbonyl (C=O) groups is 1. The van der Waals surface area contributed by atoms with Crippen LogP contribution in [-0.4, -0.2) is 17.5 Å². The molecule has 2 heterocycles. The fraction of sp³-hybridized carbons (Fsp3) is 0.214. The van der Waals surface area contributed by atoms with Crippen molar-refractivity contribution in [2.45, 2.75) is 13.0 Å². The molecule has 0 fully saturated rings. The number of urea groups is 1. The number of amides is 2. The molecule has 1 aliphatic heterocycles. The van der Waals surface area contributed by atoms with Gasteiger partial charge in [-0.3, -0.25) is 0 Å². The molecule has 0 unspecified atom stereocenters. The third-order valence-corrected chi connectivity index (χ3v) is 4.51. The Labute approximate surface area is 120 Å². The highest BCUT2D eigenvalue weighted by molar-refractivity contribution is 7.16. The van der Waals surface area contributed by atoms with Gasteiger partial charge in [0.15, 0.2) is 0 Å². The second-order valence-electron chi connectivity index (χ2n) is 4.47. The van der Waals surface area contributed by atoms with Gasteiger partial charge in [0.25, 0.3) is 0 Å². The molecule has 2 amide bonds. The van der Waals surface area contributed by atoms with E-state index in [2.05, 4.69) is 5.32 Å². The molecular weight excluding hydrogens is 280 g/mol. The van der Waals surface area contributed by atoms with Crippen LogP contribution in [0.1, 0.15) is 10.4 Å². The van der Waals surface area contributed by atoms with Crippen LogP contribution in [0.4, 0.5) is 10.5 Å². The van der Waals surface area contributed by atoms with Crippen molar-refractivity contribution in [1.29, 1.82) is 0 Å². The minimum atomic E-state index is -0.0563. The summed E-state index contributed by atoms with van der Waals surface area (Å²) in [5.74, 6) is 0. The summed E-state index contributed by atoms with van der Waals surface area (Å²) in [6, 6.07) is 11.4. The lowest BCUT2D eigenvalue weighted by Gasteiger charge is -2.27. The summed E-state index contributed by atoms with van der Waals surface area (Å²) in [5, 5.41) is 2.91. The van der Waals surface area contributed by atoms with E-state index in [0.717, 1.165) is 23.0 Å². The molecule has 1 aromatic carbocycles. The minimum Gasteiger partial charge on any atom is -0.320 e. The summed E-state index contributed by atoms with van der Waals surface area (Å²) >= 11 is 7.62. The summed E-state index contributed by atoms with van der Waals surface area (Å²) in [4.78, 5) is 15.3. The van der Waals surface area contributed by atoms with E-state index in [9.17, 15) is 4.79 Å². The maximum atomic E-state index is 12.2. The van der Waals surface area contributed by atoms with E-state index in [1.54, 1.807) is 11.3 Å². The van der Waals surface area contributed by atoms with Gasteiger partial charge in [0.1, 0.15) is 0 Å². The van der Waals surface area contributed by atoms with Gasteiger partial charge in [-0.2, -0.15) is 0 Å². The summed E-state index contributed by atoms with van der Waals surface area (Å²) in [6.45, 7) is 1.37. The van der Waals surface area contributed by atoms with Gasteiger partial charge in [-0.1, -0.05) is 29.8 Å². The number of benzene rings is 1. The van der Waals surface area contributed by atoms with Crippen LogP contribution < -0.4 is 5.32 Å². The maximum absolute atomic E-state index is 12.2. The van der Waals surface area contributed by atoms with Crippen LogP contribution >= 0.6 is 22.9 Å². The fourth-order valence-corrected chi connectivity index (χ4v) is 3.49. The van der Waals surface area contributed by atoms with Crippen LogP contribution in [0.5, 0.6) is 0 Å². The zero-order chi connectivity index (χ0) is 13.2. The molecule has 0 bridgehead atoms. The third-order valence-electron chi connectivity index (χ3n) is 3.15. The van der Waals surface area contributed by atoms with Gasteiger partial charge in [-0.05, 0) is 30.2 Å². The lowest BCUT2D eigenvalue weighted by Crippen LogP contribution is -2.38. The van der Waals surface area contributed by atoms with E-state index in [1.807, 2.05) is 41.3 Å². The number of anilines is 1. The highest BCUT2D eigenvalue weighted by Gasteiger charge is 2.22. The lowest BCUT2D eigenvalue weighted by atomic mass is 10.1. The van der Waals surface area contributed by atoms with E-state index in [4.69, 9.17) is 11.6 Å². The van der Waals surface area contributed by atoms with Gasteiger partial charge in [0.2, 0.25) is 0 Å². The fourth-order valence-electron chi connectivity index (χ4n) is 2.19. The number of para-hydroxylation sites is 1. The van der Waals surface area contributed by atoms with E-state index in [-0.39, 0.29) is 6.03 Å². The molecule has 5 heteroatoms. The van der Waals surface area contributed by atoms with Crippen LogP contribution in [0.3, 0.4) is 0 Å². The summed E-state index contributed by atoms with van der Waals surface area (Å²) in [5.41, 5.74) is 1.99. The molecule has 3 rings (SSSR count). The van der Waals surface area contributed by atoms with Crippen LogP contribution in [0.2, 0.25) is 4.34 Å². The largest absolute Gasteiger partial charge is 0.322 e. The normalized spacial score (nSPS) is 14.1.